The van der Waals surface area contributed by atoms with E-state index < -0.39 is 5.95 Å². The van der Waals surface area contributed by atoms with Crippen molar-refractivity contribution in [2.24, 2.45) is 17.8 Å². The number of nitrogens with one attached hydrogen (secondary N) is 1. The molecule has 2 atom stereocenters. The van der Waals surface area contributed by atoms with Crippen molar-refractivity contribution in [3.8, 4) is 0 Å². The number of rotatable bonds is 3. The summed E-state index contributed by atoms with van der Waals surface area (Å²) < 4.78 is 18.1. The quantitative estimate of drug-likeness (QED) is 0.765. The maximum absolute atomic E-state index is 12.8. The van der Waals surface area contributed by atoms with Crippen molar-refractivity contribution in [1.29, 1.82) is 0 Å². The Hall–Kier alpha value is -1.16. The molecule has 80 valence electrons. The van der Waals surface area contributed by atoms with E-state index in [0.29, 0.717) is 11.7 Å². The highest BCUT2D eigenvalue weighted by Gasteiger charge is 2.53. The minimum Gasteiger partial charge on any atom is -0.381 e. The third-order valence-electron chi connectivity index (χ3n) is 3.36. The summed E-state index contributed by atoms with van der Waals surface area (Å²) in [7, 11) is 0. The van der Waals surface area contributed by atoms with Crippen LogP contribution in [0.5, 0.6) is 0 Å². The fourth-order valence-electron chi connectivity index (χ4n) is 2.39. The molecule has 1 aromatic rings. The van der Waals surface area contributed by atoms with Gasteiger partial charge in [0.1, 0.15) is 5.82 Å². The second-order valence-corrected chi connectivity index (χ2v) is 4.26. The van der Waals surface area contributed by atoms with Crippen LogP contribution in [0.1, 0.15) is 0 Å². The van der Waals surface area contributed by atoms with E-state index >= 15 is 0 Å². The van der Waals surface area contributed by atoms with Crippen LogP contribution >= 0.6 is 0 Å². The summed E-state index contributed by atoms with van der Waals surface area (Å²) in [6.07, 6.45) is 0. The second-order valence-electron chi connectivity index (χ2n) is 4.26. The molecule has 2 heterocycles. The number of pyridine rings is 1. The first-order chi connectivity index (χ1) is 7.34. The van der Waals surface area contributed by atoms with Gasteiger partial charge >= 0.3 is 0 Å². The summed E-state index contributed by atoms with van der Waals surface area (Å²) in [5, 5.41) is 3.17. The number of fused-ring (bicyclic) bond motifs is 1. The van der Waals surface area contributed by atoms with Gasteiger partial charge in [-0.15, -0.1) is 0 Å². The van der Waals surface area contributed by atoms with Gasteiger partial charge in [-0.3, -0.25) is 0 Å². The highest BCUT2D eigenvalue weighted by molar-refractivity contribution is 5.34. The van der Waals surface area contributed by atoms with Crippen LogP contribution in [-0.2, 0) is 4.74 Å². The molecular weight excluding hydrogens is 195 g/mol. The molecule has 2 unspecified atom stereocenters. The monoisotopic (exact) mass is 208 g/mol. The number of ether oxygens (including phenoxy) is 1. The van der Waals surface area contributed by atoms with Crippen LogP contribution in [0.2, 0.25) is 0 Å². The van der Waals surface area contributed by atoms with Crippen LogP contribution in [0.4, 0.5) is 10.2 Å². The number of hydrogen-bond acceptors (Lipinski definition) is 3. The Bertz CT molecular complexity index is 361. The van der Waals surface area contributed by atoms with Gasteiger partial charge in [0, 0.05) is 6.54 Å². The van der Waals surface area contributed by atoms with Crippen molar-refractivity contribution >= 4 is 5.82 Å². The maximum atomic E-state index is 12.8. The van der Waals surface area contributed by atoms with Crippen molar-refractivity contribution in [3.05, 3.63) is 24.1 Å². The minimum absolute atomic E-state index is 0.431. The summed E-state index contributed by atoms with van der Waals surface area (Å²) in [6.45, 7) is 2.68. The molecule has 3 rings (SSSR count). The molecule has 0 bridgehead atoms. The van der Waals surface area contributed by atoms with Crippen LogP contribution in [0, 0.1) is 23.7 Å². The van der Waals surface area contributed by atoms with E-state index in [4.69, 9.17) is 4.74 Å². The molecular formula is C11H13FN2O. The molecule has 1 saturated heterocycles. The second kappa shape index (κ2) is 3.45. The van der Waals surface area contributed by atoms with E-state index in [1.54, 1.807) is 12.1 Å². The van der Waals surface area contributed by atoms with Gasteiger partial charge in [0.2, 0.25) is 5.95 Å². The van der Waals surface area contributed by atoms with Crippen LogP contribution < -0.4 is 5.32 Å². The first kappa shape index (κ1) is 9.09. The average molecular weight is 208 g/mol. The number of halogens is 1. The Morgan fingerprint density at radius 2 is 2.20 bits per heavy atom. The largest absolute Gasteiger partial charge is 0.381 e. The molecule has 2 fully saturated rings. The number of hydrogen-bond donors (Lipinski definition) is 1. The zero-order valence-corrected chi connectivity index (χ0v) is 8.32. The SMILES string of the molecule is Fc1cccc(NCC2C3COCC23)n1. The first-order valence-electron chi connectivity index (χ1n) is 5.29. The minimum atomic E-state index is -0.431. The normalized spacial score (nSPS) is 32.5. The Labute approximate surface area is 87.7 Å². The molecule has 15 heavy (non-hydrogen) atoms. The highest BCUT2D eigenvalue weighted by Crippen LogP contribution is 2.50. The van der Waals surface area contributed by atoms with Gasteiger partial charge in [-0.05, 0) is 29.9 Å². The van der Waals surface area contributed by atoms with E-state index in [2.05, 4.69) is 10.3 Å². The summed E-state index contributed by atoms with van der Waals surface area (Å²) in [4.78, 5) is 3.76. The average Bonchev–Trinajstić information content (AvgIpc) is 2.69. The predicted octanol–water partition coefficient (Wildman–Crippen LogP) is 1.52. The molecule has 0 aromatic carbocycles. The molecule has 1 aliphatic heterocycles. The van der Waals surface area contributed by atoms with Gasteiger partial charge < -0.3 is 10.1 Å². The van der Waals surface area contributed by atoms with Gasteiger partial charge in [-0.1, -0.05) is 6.07 Å². The molecule has 0 spiro atoms. The molecule has 1 saturated carbocycles. The molecule has 3 nitrogen and oxygen atoms in total. The van der Waals surface area contributed by atoms with E-state index in [1.807, 2.05) is 0 Å². The first-order valence-corrected chi connectivity index (χ1v) is 5.29. The smallest absolute Gasteiger partial charge is 0.214 e. The van der Waals surface area contributed by atoms with E-state index in [9.17, 15) is 4.39 Å². The molecule has 4 heteroatoms. The summed E-state index contributed by atoms with van der Waals surface area (Å²) >= 11 is 0. The van der Waals surface area contributed by atoms with E-state index in [0.717, 1.165) is 31.6 Å². The lowest BCUT2D eigenvalue weighted by atomic mass is 10.3. The van der Waals surface area contributed by atoms with Gasteiger partial charge in [-0.25, -0.2) is 4.98 Å². The van der Waals surface area contributed by atoms with Gasteiger partial charge in [0.25, 0.3) is 0 Å². The molecule has 0 amide bonds. The number of aromatic nitrogens is 1. The predicted molar refractivity (Wildman–Crippen MR) is 54.0 cm³/mol. The zero-order valence-electron chi connectivity index (χ0n) is 8.32. The molecule has 0 radical (unpaired) electrons. The number of anilines is 1. The fourth-order valence-corrected chi connectivity index (χ4v) is 2.39. The highest BCUT2D eigenvalue weighted by atomic mass is 19.1. The Morgan fingerprint density at radius 1 is 1.40 bits per heavy atom. The van der Waals surface area contributed by atoms with Crippen LogP contribution in [-0.4, -0.2) is 24.7 Å². The summed E-state index contributed by atoms with van der Waals surface area (Å²) in [5.74, 6) is 2.35. The lowest BCUT2D eigenvalue weighted by Crippen LogP contribution is -2.11. The third-order valence-corrected chi connectivity index (χ3v) is 3.36. The Morgan fingerprint density at radius 3 is 2.93 bits per heavy atom. The van der Waals surface area contributed by atoms with Gasteiger partial charge in [0.05, 0.1) is 13.2 Å². The van der Waals surface area contributed by atoms with Crippen molar-refractivity contribution in [2.45, 2.75) is 0 Å². The third kappa shape index (κ3) is 1.69. The molecule has 1 N–H and O–H groups in total. The number of nitrogens with zero attached hydrogens (tertiary/aromatic N) is 1. The molecule has 2 aliphatic rings. The van der Waals surface area contributed by atoms with Crippen molar-refractivity contribution in [1.82, 2.24) is 4.98 Å². The van der Waals surface area contributed by atoms with Crippen molar-refractivity contribution < 1.29 is 9.13 Å². The molecule has 1 aromatic heterocycles. The van der Waals surface area contributed by atoms with E-state index in [-0.39, 0.29) is 0 Å². The van der Waals surface area contributed by atoms with Crippen LogP contribution in [0.15, 0.2) is 18.2 Å². The van der Waals surface area contributed by atoms with Gasteiger partial charge in [-0.2, -0.15) is 4.39 Å². The summed E-state index contributed by atoms with van der Waals surface area (Å²) in [5.41, 5.74) is 0. The topological polar surface area (TPSA) is 34.1 Å². The molecule has 1 aliphatic carbocycles. The maximum Gasteiger partial charge on any atom is 0.214 e. The Kier molecular flexibility index (Phi) is 2.09. The Balaban J connectivity index is 1.54. The fraction of sp³-hybridized carbons (Fsp3) is 0.545. The van der Waals surface area contributed by atoms with Crippen LogP contribution in [0.3, 0.4) is 0 Å². The zero-order chi connectivity index (χ0) is 10.3. The lowest BCUT2D eigenvalue weighted by molar-refractivity contribution is 0.153. The van der Waals surface area contributed by atoms with Crippen molar-refractivity contribution in [2.75, 3.05) is 25.1 Å². The van der Waals surface area contributed by atoms with Crippen molar-refractivity contribution in [3.63, 3.8) is 0 Å². The summed E-state index contributed by atoms with van der Waals surface area (Å²) in [6, 6.07) is 4.81. The van der Waals surface area contributed by atoms with E-state index in [1.165, 1.54) is 6.07 Å². The van der Waals surface area contributed by atoms with Gasteiger partial charge in [0.15, 0.2) is 0 Å². The standard InChI is InChI=1S/C11H13FN2O/c12-10-2-1-3-11(14-10)13-4-7-8-5-15-6-9(7)8/h1-3,7-9H,4-6H2,(H,13,14). The lowest BCUT2D eigenvalue weighted by Gasteiger charge is -2.06. The van der Waals surface area contributed by atoms with Crippen LogP contribution in [0.25, 0.3) is 0 Å².